The van der Waals surface area contributed by atoms with Crippen LogP contribution in [0.5, 0.6) is 0 Å². The summed E-state index contributed by atoms with van der Waals surface area (Å²) in [5.41, 5.74) is 4.32. The van der Waals surface area contributed by atoms with Crippen molar-refractivity contribution in [3.05, 3.63) is 77.9 Å². The maximum atomic E-state index is 12.5. The van der Waals surface area contributed by atoms with E-state index in [0.717, 1.165) is 48.6 Å². The van der Waals surface area contributed by atoms with E-state index in [4.69, 9.17) is 0 Å². The highest BCUT2D eigenvalue weighted by Crippen LogP contribution is 2.25. The Kier molecular flexibility index (Phi) is 5.84. The van der Waals surface area contributed by atoms with Crippen molar-refractivity contribution in [2.75, 3.05) is 18.0 Å². The fourth-order valence-electron chi connectivity index (χ4n) is 3.80. The van der Waals surface area contributed by atoms with Gasteiger partial charge < -0.3 is 10.2 Å². The summed E-state index contributed by atoms with van der Waals surface area (Å²) in [5.74, 6) is 1.09. The first kappa shape index (κ1) is 19.1. The second-order valence-corrected chi connectivity index (χ2v) is 7.56. The summed E-state index contributed by atoms with van der Waals surface area (Å²) in [6, 6.07) is 22.3. The Morgan fingerprint density at radius 2 is 1.69 bits per heavy atom. The molecule has 2 aromatic carbocycles. The van der Waals surface area contributed by atoms with Gasteiger partial charge in [0.05, 0.1) is 5.69 Å². The lowest BCUT2D eigenvalue weighted by atomic mass is 9.96. The van der Waals surface area contributed by atoms with Gasteiger partial charge in [-0.05, 0) is 43.0 Å². The van der Waals surface area contributed by atoms with Gasteiger partial charge in [0.15, 0.2) is 5.82 Å². The number of rotatable bonds is 5. The minimum atomic E-state index is 0.0640. The van der Waals surface area contributed by atoms with E-state index >= 15 is 0 Å². The van der Waals surface area contributed by atoms with Crippen LogP contribution in [0.15, 0.2) is 66.7 Å². The Bertz CT molecular complexity index is 948. The first-order valence-electron chi connectivity index (χ1n) is 10.2. The Morgan fingerprint density at radius 1 is 0.966 bits per heavy atom. The fraction of sp³-hybridized carbons (Fsp3) is 0.292. The van der Waals surface area contributed by atoms with E-state index in [0.29, 0.717) is 6.54 Å². The number of carbonyl (C=O) groups excluding carboxylic acids is 1. The van der Waals surface area contributed by atoms with E-state index in [2.05, 4.69) is 39.5 Å². The maximum Gasteiger partial charge on any atom is 0.223 e. The molecule has 1 saturated heterocycles. The molecule has 1 aliphatic rings. The standard InChI is InChI=1S/C24H26N4O/c1-18-7-5-6-10-21(18)22-11-12-23(27-26-22)28-15-13-20(14-16-28)24(29)25-17-19-8-3-2-4-9-19/h2-12,20H,13-17H2,1H3,(H,25,29). The average Bonchev–Trinajstić information content (AvgIpc) is 2.79. The van der Waals surface area contributed by atoms with Gasteiger partial charge in [0.25, 0.3) is 0 Å². The van der Waals surface area contributed by atoms with E-state index in [1.54, 1.807) is 0 Å². The first-order chi connectivity index (χ1) is 14.2. The zero-order valence-corrected chi connectivity index (χ0v) is 16.7. The molecular formula is C24H26N4O. The predicted molar refractivity (Wildman–Crippen MR) is 115 cm³/mol. The maximum absolute atomic E-state index is 12.5. The number of benzene rings is 2. The molecule has 1 aliphatic heterocycles. The molecule has 5 nitrogen and oxygen atoms in total. The van der Waals surface area contributed by atoms with E-state index in [1.807, 2.05) is 54.6 Å². The number of nitrogens with zero attached hydrogens (tertiary/aromatic N) is 3. The highest BCUT2D eigenvalue weighted by atomic mass is 16.1. The minimum absolute atomic E-state index is 0.0640. The molecule has 0 atom stereocenters. The molecule has 1 amide bonds. The molecular weight excluding hydrogens is 360 g/mol. The second kappa shape index (κ2) is 8.86. The van der Waals surface area contributed by atoms with Crippen LogP contribution in [-0.4, -0.2) is 29.2 Å². The van der Waals surface area contributed by atoms with Crippen LogP contribution >= 0.6 is 0 Å². The van der Waals surface area contributed by atoms with Crippen molar-refractivity contribution in [2.45, 2.75) is 26.3 Å². The smallest absolute Gasteiger partial charge is 0.223 e. The molecule has 3 aromatic rings. The zero-order chi connectivity index (χ0) is 20.1. The summed E-state index contributed by atoms with van der Waals surface area (Å²) >= 11 is 0. The zero-order valence-electron chi connectivity index (χ0n) is 16.7. The van der Waals surface area contributed by atoms with Crippen molar-refractivity contribution in [3.8, 4) is 11.3 Å². The number of hydrogen-bond donors (Lipinski definition) is 1. The molecule has 4 rings (SSSR count). The molecule has 1 N–H and O–H groups in total. The summed E-state index contributed by atoms with van der Waals surface area (Å²) in [4.78, 5) is 14.7. The number of hydrogen-bond acceptors (Lipinski definition) is 4. The van der Waals surface area contributed by atoms with Crippen molar-refractivity contribution >= 4 is 11.7 Å². The monoisotopic (exact) mass is 386 g/mol. The van der Waals surface area contributed by atoms with Crippen molar-refractivity contribution in [2.24, 2.45) is 5.92 Å². The van der Waals surface area contributed by atoms with Gasteiger partial charge in [-0.2, -0.15) is 0 Å². The van der Waals surface area contributed by atoms with Crippen LogP contribution < -0.4 is 10.2 Å². The third-order valence-corrected chi connectivity index (χ3v) is 5.57. The number of carbonyl (C=O) groups is 1. The van der Waals surface area contributed by atoms with E-state index in [-0.39, 0.29) is 11.8 Å². The third kappa shape index (κ3) is 4.62. The van der Waals surface area contributed by atoms with Gasteiger partial charge in [-0.15, -0.1) is 10.2 Å². The number of piperidine rings is 1. The van der Waals surface area contributed by atoms with E-state index in [1.165, 1.54) is 5.56 Å². The topological polar surface area (TPSA) is 58.1 Å². The van der Waals surface area contributed by atoms with Crippen LogP contribution in [0.3, 0.4) is 0 Å². The molecule has 29 heavy (non-hydrogen) atoms. The highest BCUT2D eigenvalue weighted by molar-refractivity contribution is 5.79. The van der Waals surface area contributed by atoms with Crippen LogP contribution in [0.2, 0.25) is 0 Å². The molecule has 0 radical (unpaired) electrons. The molecule has 2 heterocycles. The molecule has 0 bridgehead atoms. The Morgan fingerprint density at radius 3 is 2.38 bits per heavy atom. The molecule has 0 spiro atoms. The molecule has 148 valence electrons. The van der Waals surface area contributed by atoms with Crippen molar-refractivity contribution in [1.29, 1.82) is 0 Å². The number of nitrogens with one attached hydrogen (secondary N) is 1. The van der Waals surface area contributed by atoms with E-state index in [9.17, 15) is 4.79 Å². The summed E-state index contributed by atoms with van der Waals surface area (Å²) < 4.78 is 0. The molecule has 0 aliphatic carbocycles. The molecule has 5 heteroatoms. The molecule has 0 unspecified atom stereocenters. The number of aromatic nitrogens is 2. The summed E-state index contributed by atoms with van der Waals surface area (Å²) in [6.45, 7) is 4.31. The van der Waals surface area contributed by atoms with E-state index < -0.39 is 0 Å². The lowest BCUT2D eigenvalue weighted by Gasteiger charge is -2.31. The SMILES string of the molecule is Cc1ccccc1-c1ccc(N2CCC(C(=O)NCc3ccccc3)CC2)nn1. The Hall–Kier alpha value is -3.21. The van der Waals surface area contributed by atoms with Crippen molar-refractivity contribution in [1.82, 2.24) is 15.5 Å². The summed E-state index contributed by atoms with van der Waals surface area (Å²) in [7, 11) is 0. The first-order valence-corrected chi connectivity index (χ1v) is 10.2. The molecule has 1 fully saturated rings. The molecule has 1 aromatic heterocycles. The lowest BCUT2D eigenvalue weighted by Crippen LogP contribution is -2.40. The van der Waals surface area contributed by atoms with Crippen LogP contribution in [-0.2, 0) is 11.3 Å². The van der Waals surface area contributed by atoms with Gasteiger partial charge in [0, 0.05) is 31.1 Å². The minimum Gasteiger partial charge on any atom is -0.355 e. The largest absolute Gasteiger partial charge is 0.355 e. The summed E-state index contributed by atoms with van der Waals surface area (Å²) in [5, 5.41) is 11.9. The normalized spacial score (nSPS) is 14.6. The number of aryl methyl sites for hydroxylation is 1. The highest BCUT2D eigenvalue weighted by Gasteiger charge is 2.25. The number of anilines is 1. The summed E-state index contributed by atoms with van der Waals surface area (Å²) in [6.07, 6.45) is 1.67. The van der Waals surface area contributed by atoms with Crippen LogP contribution in [0.1, 0.15) is 24.0 Å². The Labute approximate surface area is 171 Å². The quantitative estimate of drug-likeness (QED) is 0.720. The van der Waals surface area contributed by atoms with Crippen molar-refractivity contribution in [3.63, 3.8) is 0 Å². The van der Waals surface area contributed by atoms with Gasteiger partial charge in [0.1, 0.15) is 0 Å². The molecule has 0 saturated carbocycles. The van der Waals surface area contributed by atoms with Gasteiger partial charge in [0.2, 0.25) is 5.91 Å². The van der Waals surface area contributed by atoms with Crippen LogP contribution in [0.25, 0.3) is 11.3 Å². The second-order valence-electron chi connectivity index (χ2n) is 7.56. The van der Waals surface area contributed by atoms with Gasteiger partial charge in [-0.1, -0.05) is 54.6 Å². The van der Waals surface area contributed by atoms with Gasteiger partial charge in [-0.25, -0.2) is 0 Å². The van der Waals surface area contributed by atoms with Crippen LogP contribution in [0.4, 0.5) is 5.82 Å². The third-order valence-electron chi connectivity index (χ3n) is 5.57. The lowest BCUT2D eigenvalue weighted by molar-refractivity contribution is -0.125. The van der Waals surface area contributed by atoms with Crippen LogP contribution in [0, 0.1) is 12.8 Å². The fourth-order valence-corrected chi connectivity index (χ4v) is 3.80. The number of amides is 1. The van der Waals surface area contributed by atoms with Gasteiger partial charge in [-0.3, -0.25) is 4.79 Å². The average molecular weight is 386 g/mol. The van der Waals surface area contributed by atoms with Crippen molar-refractivity contribution < 1.29 is 4.79 Å². The Balaban J connectivity index is 1.31. The van der Waals surface area contributed by atoms with Gasteiger partial charge >= 0.3 is 0 Å². The predicted octanol–water partition coefficient (Wildman–Crippen LogP) is 3.98.